The Kier molecular flexibility index (Phi) is 4.54. The van der Waals surface area contributed by atoms with E-state index in [-0.39, 0.29) is 35.0 Å². The molecule has 23 heavy (non-hydrogen) atoms. The van der Waals surface area contributed by atoms with Crippen molar-refractivity contribution in [2.45, 2.75) is 26.3 Å². The van der Waals surface area contributed by atoms with E-state index in [0.29, 0.717) is 10.9 Å². The number of aromatic nitrogens is 1. The molecule has 2 aromatic rings. The van der Waals surface area contributed by atoms with Crippen LogP contribution in [0.2, 0.25) is 0 Å². The highest BCUT2D eigenvalue weighted by Crippen LogP contribution is 2.16. The van der Waals surface area contributed by atoms with Crippen LogP contribution >= 0.6 is 0 Å². The van der Waals surface area contributed by atoms with Gasteiger partial charge in [-0.3, -0.25) is 14.4 Å². The fourth-order valence-corrected chi connectivity index (χ4v) is 2.33. The topological polar surface area (TPSA) is 82.3 Å². The zero-order chi connectivity index (χ0) is 17.2. The molecule has 1 heterocycles. The van der Waals surface area contributed by atoms with Crippen molar-refractivity contribution in [2.75, 3.05) is 13.6 Å². The van der Waals surface area contributed by atoms with Crippen molar-refractivity contribution in [2.24, 2.45) is 0 Å². The third-order valence-corrected chi connectivity index (χ3v) is 3.22. The second kappa shape index (κ2) is 6.24. The lowest BCUT2D eigenvalue weighted by molar-refractivity contribution is -0.122. The van der Waals surface area contributed by atoms with E-state index in [1.807, 2.05) is 20.8 Å². The Balaban J connectivity index is 2.27. The number of hydrogen-bond acceptors (Lipinski definition) is 3. The number of H-pyrrole nitrogens is 1. The summed E-state index contributed by atoms with van der Waals surface area (Å²) in [4.78, 5) is 40.3. The van der Waals surface area contributed by atoms with Crippen molar-refractivity contribution in [3.63, 3.8) is 0 Å². The molecule has 2 rings (SSSR count). The molecule has 0 fully saturated rings. The Bertz CT molecular complexity index is 803. The van der Waals surface area contributed by atoms with Crippen LogP contribution in [0.4, 0.5) is 0 Å². The van der Waals surface area contributed by atoms with Gasteiger partial charge in [0.25, 0.3) is 5.91 Å². The molecule has 1 aromatic carbocycles. The maximum Gasteiger partial charge on any atom is 0.254 e. The molecule has 2 N–H and O–H groups in total. The first kappa shape index (κ1) is 16.7. The monoisotopic (exact) mass is 315 g/mol. The molecule has 122 valence electrons. The van der Waals surface area contributed by atoms with Gasteiger partial charge in [-0.1, -0.05) is 18.2 Å². The highest BCUT2D eigenvalue weighted by atomic mass is 16.2. The molecule has 1 aromatic heterocycles. The molecule has 2 amide bonds. The van der Waals surface area contributed by atoms with Gasteiger partial charge in [-0.15, -0.1) is 0 Å². The number of fused-ring (bicyclic) bond motifs is 1. The molecule has 0 atom stereocenters. The van der Waals surface area contributed by atoms with E-state index in [4.69, 9.17) is 0 Å². The van der Waals surface area contributed by atoms with Crippen LogP contribution in [0.1, 0.15) is 31.1 Å². The molecular weight excluding hydrogens is 294 g/mol. The van der Waals surface area contributed by atoms with Crippen molar-refractivity contribution in [3.05, 3.63) is 46.2 Å². The fourth-order valence-electron chi connectivity index (χ4n) is 2.33. The largest absolute Gasteiger partial charge is 0.350 e. The number of hydrogen-bond donors (Lipinski definition) is 2. The molecular formula is C17H21N3O3. The van der Waals surface area contributed by atoms with Crippen molar-refractivity contribution in [3.8, 4) is 0 Å². The number of amides is 2. The van der Waals surface area contributed by atoms with Gasteiger partial charge in [0, 0.05) is 29.6 Å². The van der Waals surface area contributed by atoms with Gasteiger partial charge < -0.3 is 15.2 Å². The smallest absolute Gasteiger partial charge is 0.254 e. The number of aromatic amines is 1. The van der Waals surface area contributed by atoms with Crippen molar-refractivity contribution in [1.82, 2.24) is 15.2 Å². The lowest BCUT2D eigenvalue weighted by Crippen LogP contribution is -2.46. The number of para-hydroxylation sites is 1. The highest BCUT2D eigenvalue weighted by molar-refractivity contribution is 6.06. The normalized spacial score (nSPS) is 11.3. The highest BCUT2D eigenvalue weighted by Gasteiger charge is 2.20. The van der Waals surface area contributed by atoms with Gasteiger partial charge in [0.15, 0.2) is 0 Å². The van der Waals surface area contributed by atoms with E-state index in [9.17, 15) is 14.4 Å². The summed E-state index contributed by atoms with van der Waals surface area (Å²) in [6.07, 6.45) is 0. The summed E-state index contributed by atoms with van der Waals surface area (Å²) < 4.78 is 0. The Hall–Kier alpha value is -2.63. The molecule has 0 aliphatic carbocycles. The molecule has 0 saturated heterocycles. The van der Waals surface area contributed by atoms with E-state index in [1.165, 1.54) is 11.0 Å². The maximum absolute atomic E-state index is 12.6. The standard InChI is InChI=1S/C17H21N3O3/c1-17(2,3)19-15(22)10-20(4)16(23)12-9-14(21)18-13-8-6-5-7-11(12)13/h5-9H,10H2,1-4H3,(H,18,21)(H,19,22). The molecule has 0 radical (unpaired) electrons. The third kappa shape index (κ3) is 4.18. The SMILES string of the molecule is CN(CC(=O)NC(C)(C)C)C(=O)c1cc(=O)[nH]c2ccccc12. The Morgan fingerprint density at radius 1 is 1.22 bits per heavy atom. The summed E-state index contributed by atoms with van der Waals surface area (Å²) in [5.41, 5.74) is 0.170. The first-order valence-electron chi connectivity index (χ1n) is 7.36. The maximum atomic E-state index is 12.6. The first-order valence-corrected chi connectivity index (χ1v) is 7.36. The number of pyridine rings is 1. The number of rotatable bonds is 3. The summed E-state index contributed by atoms with van der Waals surface area (Å²) >= 11 is 0. The van der Waals surface area contributed by atoms with Crippen LogP contribution in [-0.2, 0) is 4.79 Å². The fraction of sp³-hybridized carbons (Fsp3) is 0.353. The zero-order valence-electron chi connectivity index (χ0n) is 13.8. The average molecular weight is 315 g/mol. The average Bonchev–Trinajstić information content (AvgIpc) is 2.43. The number of benzene rings is 1. The lowest BCUT2D eigenvalue weighted by Gasteiger charge is -2.23. The van der Waals surface area contributed by atoms with E-state index in [1.54, 1.807) is 31.3 Å². The minimum atomic E-state index is -0.364. The summed E-state index contributed by atoms with van der Waals surface area (Å²) in [5.74, 6) is -0.612. The minimum Gasteiger partial charge on any atom is -0.350 e. The van der Waals surface area contributed by atoms with E-state index in [0.717, 1.165) is 0 Å². The zero-order valence-corrected chi connectivity index (χ0v) is 13.8. The molecule has 0 spiro atoms. The molecule has 0 unspecified atom stereocenters. The molecule has 6 nitrogen and oxygen atoms in total. The van der Waals surface area contributed by atoms with Crippen molar-refractivity contribution >= 4 is 22.7 Å². The third-order valence-electron chi connectivity index (χ3n) is 3.22. The van der Waals surface area contributed by atoms with Gasteiger partial charge in [0.05, 0.1) is 12.1 Å². The van der Waals surface area contributed by atoms with Crippen LogP contribution in [0, 0.1) is 0 Å². The van der Waals surface area contributed by atoms with Crippen molar-refractivity contribution in [1.29, 1.82) is 0 Å². The number of likely N-dealkylation sites (N-methyl/N-ethyl adjacent to an activating group) is 1. The van der Waals surface area contributed by atoms with Gasteiger partial charge in [0.1, 0.15) is 0 Å². The number of carbonyl (C=O) groups excluding carboxylic acids is 2. The van der Waals surface area contributed by atoms with Gasteiger partial charge in [-0.05, 0) is 26.8 Å². The summed E-state index contributed by atoms with van der Waals surface area (Å²) in [7, 11) is 1.54. The predicted octanol–water partition coefficient (Wildman–Crippen LogP) is 1.51. The Morgan fingerprint density at radius 2 is 1.87 bits per heavy atom. The molecule has 0 saturated carbocycles. The van der Waals surface area contributed by atoms with Gasteiger partial charge >= 0.3 is 0 Å². The molecule has 0 aliphatic rings. The Labute approximate surface area is 134 Å². The summed E-state index contributed by atoms with van der Waals surface area (Å²) in [5, 5.41) is 3.46. The lowest BCUT2D eigenvalue weighted by atomic mass is 10.1. The van der Waals surface area contributed by atoms with Crippen molar-refractivity contribution < 1.29 is 9.59 Å². The number of carbonyl (C=O) groups is 2. The van der Waals surface area contributed by atoms with E-state index >= 15 is 0 Å². The van der Waals surface area contributed by atoms with Gasteiger partial charge in [-0.2, -0.15) is 0 Å². The second-order valence-corrected chi connectivity index (χ2v) is 6.55. The van der Waals surface area contributed by atoms with E-state index in [2.05, 4.69) is 10.3 Å². The number of nitrogens with one attached hydrogen (secondary N) is 2. The minimum absolute atomic E-state index is 0.0722. The predicted molar refractivity (Wildman–Crippen MR) is 89.4 cm³/mol. The van der Waals surface area contributed by atoms with Gasteiger partial charge in [-0.25, -0.2) is 0 Å². The Morgan fingerprint density at radius 3 is 2.52 bits per heavy atom. The van der Waals surface area contributed by atoms with Gasteiger partial charge in [0.2, 0.25) is 11.5 Å². The van der Waals surface area contributed by atoms with Crippen LogP contribution in [0.15, 0.2) is 35.1 Å². The molecule has 6 heteroatoms. The van der Waals surface area contributed by atoms with E-state index < -0.39 is 0 Å². The molecule has 0 bridgehead atoms. The summed E-state index contributed by atoms with van der Waals surface area (Å²) in [6, 6.07) is 8.35. The van der Waals surface area contributed by atoms with Crippen LogP contribution < -0.4 is 10.9 Å². The van der Waals surface area contributed by atoms with Crippen LogP contribution in [0.5, 0.6) is 0 Å². The van der Waals surface area contributed by atoms with Crippen LogP contribution in [0.25, 0.3) is 10.9 Å². The van der Waals surface area contributed by atoms with Crippen LogP contribution in [-0.4, -0.2) is 40.8 Å². The summed E-state index contributed by atoms with van der Waals surface area (Å²) in [6.45, 7) is 5.54. The molecule has 0 aliphatic heterocycles. The number of nitrogens with zero attached hydrogens (tertiary/aromatic N) is 1. The quantitative estimate of drug-likeness (QED) is 0.901. The first-order chi connectivity index (χ1) is 10.7. The van der Waals surface area contributed by atoms with Crippen LogP contribution in [0.3, 0.4) is 0 Å². The second-order valence-electron chi connectivity index (χ2n) is 6.55.